The average molecular weight is 351 g/mol. The largest absolute Gasteiger partial charge is 0.416 e. The molecular weight excluding hydrogens is 333 g/mol. The number of anilines is 1. The molecule has 0 aliphatic heterocycles. The highest BCUT2D eigenvalue weighted by molar-refractivity contribution is 9.10. The third kappa shape index (κ3) is 3.67. The minimum atomic E-state index is -4.31. The lowest BCUT2D eigenvalue weighted by atomic mass is 9.84. The van der Waals surface area contributed by atoms with Gasteiger partial charge in [-0.05, 0) is 59.4 Å². The van der Waals surface area contributed by atoms with Crippen LogP contribution in [0, 0.1) is 5.92 Å². The quantitative estimate of drug-likeness (QED) is 0.847. The molecule has 2 unspecified atom stereocenters. The standard InChI is InChI=1S/C14H18BrF3N2/c15-11-7-10(14(16,17)18)5-6-13(11)20-12-4-2-1-3-9(12)8-19/h5-7,9,12,20H,1-4,8,19H2. The van der Waals surface area contributed by atoms with Crippen LogP contribution in [-0.2, 0) is 6.18 Å². The van der Waals surface area contributed by atoms with Crippen LogP contribution in [0.1, 0.15) is 31.2 Å². The monoisotopic (exact) mass is 350 g/mol. The average Bonchev–Trinajstić information content (AvgIpc) is 2.40. The number of benzene rings is 1. The van der Waals surface area contributed by atoms with Crippen molar-refractivity contribution in [2.75, 3.05) is 11.9 Å². The zero-order valence-corrected chi connectivity index (χ0v) is 12.6. The van der Waals surface area contributed by atoms with Gasteiger partial charge in [-0.1, -0.05) is 12.8 Å². The molecule has 6 heteroatoms. The number of halogens is 4. The number of hydrogen-bond acceptors (Lipinski definition) is 2. The van der Waals surface area contributed by atoms with Crippen LogP contribution in [0.15, 0.2) is 22.7 Å². The van der Waals surface area contributed by atoms with Crippen molar-refractivity contribution >= 4 is 21.6 Å². The highest BCUT2D eigenvalue weighted by Gasteiger charge is 2.31. The molecule has 1 aliphatic rings. The van der Waals surface area contributed by atoms with Gasteiger partial charge in [0.15, 0.2) is 0 Å². The minimum absolute atomic E-state index is 0.238. The summed E-state index contributed by atoms with van der Waals surface area (Å²) >= 11 is 3.21. The summed E-state index contributed by atoms with van der Waals surface area (Å²) in [5, 5.41) is 3.33. The minimum Gasteiger partial charge on any atom is -0.381 e. The zero-order valence-electron chi connectivity index (χ0n) is 11.0. The molecule has 112 valence electrons. The Morgan fingerprint density at radius 1 is 1.25 bits per heavy atom. The highest BCUT2D eigenvalue weighted by atomic mass is 79.9. The molecule has 2 atom stereocenters. The predicted octanol–water partition coefficient (Wildman–Crippen LogP) is 4.40. The maximum Gasteiger partial charge on any atom is 0.416 e. The smallest absolute Gasteiger partial charge is 0.381 e. The van der Waals surface area contributed by atoms with Crippen LogP contribution in [0.5, 0.6) is 0 Å². The van der Waals surface area contributed by atoms with Gasteiger partial charge in [-0.15, -0.1) is 0 Å². The second kappa shape index (κ2) is 6.35. The molecule has 0 heterocycles. The fourth-order valence-electron chi connectivity index (χ4n) is 2.69. The summed E-state index contributed by atoms with van der Waals surface area (Å²) in [4.78, 5) is 0. The van der Waals surface area contributed by atoms with Crippen LogP contribution >= 0.6 is 15.9 Å². The summed E-state index contributed by atoms with van der Waals surface area (Å²) in [6.45, 7) is 0.607. The van der Waals surface area contributed by atoms with Crippen molar-refractivity contribution in [3.63, 3.8) is 0 Å². The van der Waals surface area contributed by atoms with E-state index in [-0.39, 0.29) is 6.04 Å². The maximum atomic E-state index is 12.6. The molecule has 0 saturated heterocycles. The van der Waals surface area contributed by atoms with Crippen LogP contribution in [0.4, 0.5) is 18.9 Å². The van der Waals surface area contributed by atoms with E-state index in [1.165, 1.54) is 12.5 Å². The Bertz CT molecular complexity index is 462. The van der Waals surface area contributed by atoms with Crippen molar-refractivity contribution in [1.29, 1.82) is 0 Å². The first kappa shape index (κ1) is 15.6. The normalized spacial score (nSPS) is 23.6. The Morgan fingerprint density at radius 3 is 2.55 bits per heavy atom. The molecule has 1 saturated carbocycles. The van der Waals surface area contributed by atoms with Crippen LogP contribution in [0.3, 0.4) is 0 Å². The number of nitrogens with one attached hydrogen (secondary N) is 1. The summed E-state index contributed by atoms with van der Waals surface area (Å²) in [6, 6.07) is 3.94. The van der Waals surface area contributed by atoms with E-state index in [9.17, 15) is 13.2 Å². The lowest BCUT2D eigenvalue weighted by Crippen LogP contribution is -2.36. The lowest BCUT2D eigenvalue weighted by molar-refractivity contribution is -0.137. The number of alkyl halides is 3. The van der Waals surface area contributed by atoms with Gasteiger partial charge in [0.05, 0.1) is 5.56 Å². The first-order valence-electron chi connectivity index (χ1n) is 6.75. The molecule has 20 heavy (non-hydrogen) atoms. The molecule has 1 fully saturated rings. The summed E-state index contributed by atoms with van der Waals surface area (Å²) in [5.41, 5.74) is 5.82. The van der Waals surface area contributed by atoms with Crippen molar-refractivity contribution in [1.82, 2.24) is 0 Å². The van der Waals surface area contributed by atoms with Gasteiger partial charge >= 0.3 is 6.18 Å². The SMILES string of the molecule is NCC1CCCCC1Nc1ccc(C(F)(F)F)cc1Br. The van der Waals surface area contributed by atoms with Crippen molar-refractivity contribution in [2.24, 2.45) is 11.7 Å². The van der Waals surface area contributed by atoms with Gasteiger partial charge < -0.3 is 11.1 Å². The van der Waals surface area contributed by atoms with Crippen LogP contribution in [-0.4, -0.2) is 12.6 Å². The Morgan fingerprint density at radius 2 is 1.95 bits per heavy atom. The zero-order chi connectivity index (χ0) is 14.8. The number of hydrogen-bond donors (Lipinski definition) is 2. The van der Waals surface area contributed by atoms with Gasteiger partial charge in [0.1, 0.15) is 0 Å². The Kier molecular flexibility index (Phi) is 4.96. The molecule has 0 amide bonds. The molecular formula is C14H18BrF3N2. The number of rotatable bonds is 3. The first-order valence-corrected chi connectivity index (χ1v) is 7.54. The van der Waals surface area contributed by atoms with Gasteiger partial charge in [0.2, 0.25) is 0 Å². The van der Waals surface area contributed by atoms with E-state index in [1.54, 1.807) is 0 Å². The van der Waals surface area contributed by atoms with E-state index in [4.69, 9.17) is 5.73 Å². The third-order valence-electron chi connectivity index (χ3n) is 3.85. The van der Waals surface area contributed by atoms with Crippen LogP contribution in [0.25, 0.3) is 0 Å². The lowest BCUT2D eigenvalue weighted by Gasteiger charge is -2.32. The van der Waals surface area contributed by atoms with Gasteiger partial charge in [0, 0.05) is 16.2 Å². The second-order valence-corrected chi connectivity index (χ2v) is 6.08. The summed E-state index contributed by atoms with van der Waals surface area (Å²) < 4.78 is 38.3. The molecule has 0 radical (unpaired) electrons. The maximum absolute atomic E-state index is 12.6. The molecule has 2 rings (SSSR count). The van der Waals surface area contributed by atoms with Crippen LogP contribution in [0.2, 0.25) is 0 Å². The van der Waals surface area contributed by atoms with Crippen molar-refractivity contribution in [2.45, 2.75) is 37.9 Å². The summed E-state index contributed by atoms with van der Waals surface area (Å²) in [7, 11) is 0. The number of nitrogens with two attached hydrogens (primary N) is 1. The van der Waals surface area contributed by atoms with E-state index in [0.717, 1.165) is 31.4 Å². The molecule has 0 aromatic heterocycles. The predicted molar refractivity (Wildman–Crippen MR) is 77.6 cm³/mol. The Hall–Kier alpha value is -0.750. The molecule has 2 nitrogen and oxygen atoms in total. The highest BCUT2D eigenvalue weighted by Crippen LogP contribution is 2.35. The van der Waals surface area contributed by atoms with E-state index in [1.807, 2.05) is 0 Å². The van der Waals surface area contributed by atoms with E-state index >= 15 is 0 Å². The fraction of sp³-hybridized carbons (Fsp3) is 0.571. The van der Waals surface area contributed by atoms with Crippen LogP contribution < -0.4 is 11.1 Å². The van der Waals surface area contributed by atoms with Gasteiger partial charge in [0.25, 0.3) is 0 Å². The van der Waals surface area contributed by atoms with Crippen molar-refractivity contribution < 1.29 is 13.2 Å². The molecule has 0 bridgehead atoms. The van der Waals surface area contributed by atoms with Crippen molar-refractivity contribution in [3.8, 4) is 0 Å². The molecule has 3 N–H and O–H groups in total. The fourth-order valence-corrected chi connectivity index (χ4v) is 3.18. The molecule has 1 aliphatic carbocycles. The van der Waals surface area contributed by atoms with Gasteiger partial charge in [-0.2, -0.15) is 13.2 Å². The first-order chi connectivity index (χ1) is 9.41. The second-order valence-electron chi connectivity index (χ2n) is 5.22. The Labute approximate surface area is 125 Å². The van der Waals surface area contributed by atoms with Gasteiger partial charge in [-0.3, -0.25) is 0 Å². The van der Waals surface area contributed by atoms with E-state index < -0.39 is 11.7 Å². The Balaban J connectivity index is 2.13. The summed E-state index contributed by atoms with van der Waals surface area (Å²) in [5.74, 6) is 0.387. The van der Waals surface area contributed by atoms with E-state index in [2.05, 4.69) is 21.2 Å². The van der Waals surface area contributed by atoms with Gasteiger partial charge in [-0.25, -0.2) is 0 Å². The van der Waals surface area contributed by atoms with Crippen molar-refractivity contribution in [3.05, 3.63) is 28.2 Å². The topological polar surface area (TPSA) is 38.0 Å². The van der Waals surface area contributed by atoms with E-state index in [0.29, 0.717) is 22.6 Å². The third-order valence-corrected chi connectivity index (χ3v) is 4.51. The molecule has 1 aromatic rings. The summed E-state index contributed by atoms with van der Waals surface area (Å²) in [6.07, 6.45) is 0.0775. The molecule has 1 aromatic carbocycles. The molecule has 0 spiro atoms.